The van der Waals surface area contributed by atoms with Gasteiger partial charge in [0.1, 0.15) is 0 Å². The van der Waals surface area contributed by atoms with Crippen LogP contribution in [-0.4, -0.2) is 65.4 Å². The first-order valence-electron chi connectivity index (χ1n) is 10.3. The molecule has 0 aromatic heterocycles. The first-order chi connectivity index (χ1) is 14.5. The van der Waals surface area contributed by atoms with E-state index in [1.165, 1.54) is 11.6 Å². The summed E-state index contributed by atoms with van der Waals surface area (Å²) in [6.07, 6.45) is 5.63. The maximum Gasteiger partial charge on any atom is 0.413 e. The lowest BCUT2D eigenvalue weighted by molar-refractivity contribution is -0.0915. The molecule has 0 aromatic rings. The molecular weight excluding hydrogens is 427 g/mol. The van der Waals surface area contributed by atoms with Crippen molar-refractivity contribution in [1.29, 1.82) is 0 Å². The average Bonchev–Trinajstić information content (AvgIpc) is 3.16. The molecule has 1 heterocycles. The minimum atomic E-state index is -4.48. The molecule has 4 nitrogen and oxygen atoms in total. The van der Waals surface area contributed by atoms with Gasteiger partial charge in [-0.25, -0.2) is 4.99 Å². The van der Waals surface area contributed by atoms with Crippen molar-refractivity contribution in [2.75, 3.05) is 26.2 Å². The Labute approximate surface area is 188 Å². The summed E-state index contributed by atoms with van der Waals surface area (Å²) in [5.74, 6) is 0. The molecule has 1 aliphatic rings. The Morgan fingerprint density at radius 1 is 1.32 bits per heavy atom. The van der Waals surface area contributed by atoms with Crippen LogP contribution in [0.2, 0.25) is 0 Å². The Morgan fingerprint density at radius 2 is 2.00 bits per heavy atom. The molecule has 0 aliphatic carbocycles. The van der Waals surface area contributed by atoms with Gasteiger partial charge in [0.25, 0.3) is 0 Å². The molecule has 0 radical (unpaired) electrons. The van der Waals surface area contributed by atoms with Crippen LogP contribution in [0.5, 0.6) is 0 Å². The second-order valence-corrected chi connectivity index (χ2v) is 7.79. The molecule has 2 atom stereocenters. The second kappa shape index (κ2) is 13.0. The summed E-state index contributed by atoms with van der Waals surface area (Å²) >= 11 is 5.72. The van der Waals surface area contributed by atoms with Crippen LogP contribution >= 0.6 is 11.6 Å². The van der Waals surface area contributed by atoms with Crippen molar-refractivity contribution in [2.45, 2.75) is 52.7 Å². The van der Waals surface area contributed by atoms with Crippen molar-refractivity contribution in [1.82, 2.24) is 9.80 Å². The van der Waals surface area contributed by atoms with E-state index in [4.69, 9.17) is 11.6 Å². The highest BCUT2D eigenvalue weighted by molar-refractivity contribution is 6.31. The van der Waals surface area contributed by atoms with Crippen molar-refractivity contribution in [3.63, 3.8) is 0 Å². The molecule has 8 heteroatoms. The average molecular weight is 460 g/mol. The van der Waals surface area contributed by atoms with E-state index >= 15 is 0 Å². The third-order valence-electron chi connectivity index (χ3n) is 5.18. The zero-order valence-electron chi connectivity index (χ0n) is 18.7. The van der Waals surface area contributed by atoms with Gasteiger partial charge in [-0.3, -0.25) is 9.80 Å². The maximum absolute atomic E-state index is 12.7. The van der Waals surface area contributed by atoms with Gasteiger partial charge in [0, 0.05) is 42.0 Å². The van der Waals surface area contributed by atoms with Crippen LogP contribution in [-0.2, 0) is 0 Å². The number of nitrogens with zero attached hydrogens (tertiary/aromatic N) is 3. The van der Waals surface area contributed by atoms with Gasteiger partial charge in [0.05, 0.1) is 0 Å². The molecule has 0 bridgehead atoms. The van der Waals surface area contributed by atoms with Gasteiger partial charge >= 0.3 is 6.18 Å². The number of hydrogen-bond acceptors (Lipinski definition) is 4. The van der Waals surface area contributed by atoms with E-state index in [1.807, 2.05) is 30.9 Å². The molecule has 1 rings (SSSR count). The molecule has 1 N–H and O–H groups in total. The molecule has 1 fully saturated rings. The first kappa shape index (κ1) is 27.4. The third-order valence-corrected chi connectivity index (χ3v) is 5.58. The first-order valence-corrected chi connectivity index (χ1v) is 10.7. The number of aliphatic hydroxyl groups is 1. The van der Waals surface area contributed by atoms with Crippen LogP contribution < -0.4 is 0 Å². The standard InChI is InChI=1S/C23H33ClF3N3O/c1-6-9-10-19(7-2)15-29-14-13-20(16-29)30(8-3)22(31)28-17(4)11-12-21(24)18(5)23(25,26)27/h6-7,9-12,20,22,31H,1,8,13-16H2,2-5H3/b10-9?,12-11-,19-7?,21-18?,28-17?. The van der Waals surface area contributed by atoms with Gasteiger partial charge in [-0.15, -0.1) is 0 Å². The summed E-state index contributed by atoms with van der Waals surface area (Å²) in [4.78, 5) is 8.44. The molecule has 0 amide bonds. The normalized spacial score (nSPS) is 21.4. The fraction of sp³-hybridized carbons (Fsp3) is 0.522. The largest absolute Gasteiger partial charge is 0.413 e. The molecule has 0 spiro atoms. The van der Waals surface area contributed by atoms with Gasteiger partial charge in [-0.2, -0.15) is 13.2 Å². The summed E-state index contributed by atoms with van der Waals surface area (Å²) < 4.78 is 38.1. The third kappa shape index (κ3) is 9.15. The lowest BCUT2D eigenvalue weighted by atomic mass is 10.2. The summed E-state index contributed by atoms with van der Waals surface area (Å²) in [5, 5.41) is 10.2. The molecule has 174 valence electrons. The Morgan fingerprint density at radius 3 is 2.55 bits per heavy atom. The highest BCUT2D eigenvalue weighted by Crippen LogP contribution is 2.29. The van der Waals surface area contributed by atoms with Gasteiger partial charge in [-0.1, -0.05) is 49.4 Å². The molecule has 2 unspecified atom stereocenters. The molecule has 1 saturated heterocycles. The number of allylic oxidation sites excluding steroid dienone is 7. The van der Waals surface area contributed by atoms with Gasteiger partial charge in [0.15, 0.2) is 0 Å². The smallest absolute Gasteiger partial charge is 0.359 e. The van der Waals surface area contributed by atoms with Gasteiger partial charge < -0.3 is 5.11 Å². The number of aliphatic imine (C=N–C) groups is 1. The Kier molecular flexibility index (Phi) is 11.5. The number of aliphatic hydroxyl groups excluding tert-OH is 1. The van der Waals surface area contributed by atoms with E-state index in [2.05, 4.69) is 22.5 Å². The van der Waals surface area contributed by atoms with E-state index in [-0.39, 0.29) is 6.04 Å². The Hall–Kier alpha value is -1.67. The van der Waals surface area contributed by atoms with Crippen LogP contribution in [0.25, 0.3) is 0 Å². The fourth-order valence-electron chi connectivity index (χ4n) is 3.28. The Balaban J connectivity index is 2.79. The van der Waals surface area contributed by atoms with Gasteiger partial charge in [-0.05, 0) is 51.5 Å². The van der Waals surface area contributed by atoms with Crippen LogP contribution in [0.15, 0.2) is 64.2 Å². The predicted molar refractivity (Wildman–Crippen MR) is 123 cm³/mol. The summed E-state index contributed by atoms with van der Waals surface area (Å²) in [6, 6.07) is 0.137. The van der Waals surface area contributed by atoms with Crippen molar-refractivity contribution in [3.8, 4) is 0 Å². The van der Waals surface area contributed by atoms with Crippen LogP contribution in [0.1, 0.15) is 34.1 Å². The quantitative estimate of drug-likeness (QED) is 0.268. The second-order valence-electron chi connectivity index (χ2n) is 7.39. The van der Waals surface area contributed by atoms with Crippen molar-refractivity contribution in [2.24, 2.45) is 4.99 Å². The monoisotopic (exact) mass is 459 g/mol. The highest BCUT2D eigenvalue weighted by atomic mass is 35.5. The van der Waals surface area contributed by atoms with E-state index < -0.39 is 23.1 Å². The molecule has 31 heavy (non-hydrogen) atoms. The fourth-order valence-corrected chi connectivity index (χ4v) is 3.45. The summed E-state index contributed by atoms with van der Waals surface area (Å²) in [5.41, 5.74) is 0.713. The predicted octanol–water partition coefficient (Wildman–Crippen LogP) is 5.44. The van der Waals surface area contributed by atoms with E-state index in [0.29, 0.717) is 12.3 Å². The Bertz CT molecular complexity index is 754. The zero-order valence-corrected chi connectivity index (χ0v) is 19.4. The van der Waals surface area contributed by atoms with Crippen molar-refractivity contribution in [3.05, 3.63) is 59.2 Å². The lowest BCUT2D eigenvalue weighted by Gasteiger charge is -2.30. The topological polar surface area (TPSA) is 39.1 Å². The number of halogens is 4. The minimum absolute atomic E-state index is 0.137. The van der Waals surface area contributed by atoms with Crippen molar-refractivity contribution < 1.29 is 18.3 Å². The van der Waals surface area contributed by atoms with E-state index in [0.717, 1.165) is 39.1 Å². The van der Waals surface area contributed by atoms with Gasteiger partial charge in [0.2, 0.25) is 6.35 Å². The number of alkyl halides is 3. The summed E-state index contributed by atoms with van der Waals surface area (Å²) in [7, 11) is 0. The number of hydrogen-bond donors (Lipinski definition) is 1. The van der Waals surface area contributed by atoms with Crippen LogP contribution in [0, 0.1) is 0 Å². The minimum Gasteiger partial charge on any atom is -0.359 e. The van der Waals surface area contributed by atoms with E-state index in [1.54, 1.807) is 13.0 Å². The van der Waals surface area contributed by atoms with Crippen LogP contribution in [0.4, 0.5) is 13.2 Å². The number of rotatable bonds is 10. The lowest BCUT2D eigenvalue weighted by Crippen LogP contribution is -2.44. The molecule has 0 saturated carbocycles. The maximum atomic E-state index is 12.7. The van der Waals surface area contributed by atoms with Crippen LogP contribution in [0.3, 0.4) is 0 Å². The molecule has 0 aromatic carbocycles. The number of likely N-dealkylation sites (tertiary alicyclic amines) is 1. The summed E-state index contributed by atoms with van der Waals surface area (Å²) in [6.45, 7) is 13.3. The van der Waals surface area contributed by atoms with Crippen molar-refractivity contribution >= 4 is 17.3 Å². The molecule has 1 aliphatic heterocycles. The molecular formula is C23H33ClF3N3O. The highest BCUT2D eigenvalue weighted by Gasteiger charge is 2.32. The zero-order chi connectivity index (χ0) is 23.6. The SMILES string of the molecule is C=CC=CC(=CC)CN1CCC(N(CC)C(O)N=C(C)/C=C\C(Cl)=C(C)C(F)(F)F)C1. The van der Waals surface area contributed by atoms with E-state index in [9.17, 15) is 18.3 Å². The number of likely N-dealkylation sites (N-methyl/N-ethyl adjacent to an activating group) is 1.